The molecule has 28 heavy (non-hydrogen) atoms. The van der Waals surface area contributed by atoms with E-state index in [-0.39, 0.29) is 5.88 Å². The molecule has 1 heterocycles. The van der Waals surface area contributed by atoms with E-state index in [4.69, 9.17) is 16.3 Å². The molecule has 0 aliphatic carbocycles. The van der Waals surface area contributed by atoms with Gasteiger partial charge in [-0.15, -0.1) is 5.10 Å². The van der Waals surface area contributed by atoms with Crippen molar-refractivity contribution in [1.82, 2.24) is 9.78 Å². The summed E-state index contributed by atoms with van der Waals surface area (Å²) in [6.45, 7) is 3.36. The molecule has 0 saturated heterocycles. The molecule has 1 N–H and O–H groups in total. The average molecular weight is 402 g/mol. The number of halogens is 2. The lowest BCUT2D eigenvalue weighted by atomic mass is 10.2. The Morgan fingerprint density at radius 3 is 2.61 bits per heavy atom. The van der Waals surface area contributed by atoms with Gasteiger partial charge < -0.3 is 10.1 Å². The molecule has 0 fully saturated rings. The van der Waals surface area contributed by atoms with Gasteiger partial charge >= 0.3 is 0 Å². The maximum atomic E-state index is 13.1. The number of carbonyl (C=O) groups is 1. The number of nitrogens with zero attached hydrogens (tertiary/aromatic N) is 2. The third kappa shape index (κ3) is 4.37. The number of aromatic nitrogens is 2. The minimum Gasteiger partial charge on any atom is -0.463 e. The van der Waals surface area contributed by atoms with Crippen molar-refractivity contribution in [2.75, 3.05) is 5.32 Å². The van der Waals surface area contributed by atoms with E-state index >= 15 is 0 Å². The highest BCUT2D eigenvalue weighted by Gasteiger charge is 2.17. The smallest absolute Gasteiger partial charge is 0.271 e. The van der Waals surface area contributed by atoms with Crippen LogP contribution in [0, 0.1) is 12.7 Å². The van der Waals surface area contributed by atoms with Crippen molar-refractivity contribution in [3.63, 3.8) is 0 Å². The molecule has 8 heteroatoms. The highest BCUT2D eigenvalue weighted by molar-refractivity contribution is 6.31. The van der Waals surface area contributed by atoms with Crippen LogP contribution in [0.4, 0.5) is 10.1 Å². The topological polar surface area (TPSA) is 73.2 Å². The number of rotatable bonds is 5. The van der Waals surface area contributed by atoms with E-state index in [1.807, 2.05) is 0 Å². The van der Waals surface area contributed by atoms with Crippen molar-refractivity contribution in [3.05, 3.63) is 81.4 Å². The first-order valence-electron chi connectivity index (χ1n) is 8.44. The van der Waals surface area contributed by atoms with E-state index in [0.29, 0.717) is 16.4 Å². The van der Waals surface area contributed by atoms with Crippen LogP contribution >= 0.6 is 11.6 Å². The van der Waals surface area contributed by atoms with E-state index < -0.39 is 23.4 Å². The monoisotopic (exact) mass is 401 g/mol. The molecule has 0 bridgehead atoms. The van der Waals surface area contributed by atoms with Gasteiger partial charge in [-0.25, -0.2) is 4.39 Å². The lowest BCUT2D eigenvalue weighted by Gasteiger charge is -2.16. The van der Waals surface area contributed by atoms with E-state index in [0.717, 1.165) is 10.2 Å². The molecule has 3 aromatic rings. The molecule has 0 saturated carbocycles. The first kappa shape index (κ1) is 19.6. The number of amides is 1. The van der Waals surface area contributed by atoms with Crippen LogP contribution < -0.4 is 15.6 Å². The normalized spacial score (nSPS) is 11.7. The Bertz CT molecular complexity index is 1070. The van der Waals surface area contributed by atoms with E-state index in [1.54, 1.807) is 32.0 Å². The molecular weight excluding hydrogens is 385 g/mol. The molecule has 1 aromatic heterocycles. The SMILES string of the molecule is Cc1c(Cl)cccc1NC(=O)[C@@H](C)Oc1ccc(=O)n(-c2ccc(F)cc2)n1. The van der Waals surface area contributed by atoms with Gasteiger partial charge in [0.2, 0.25) is 5.88 Å². The maximum Gasteiger partial charge on any atom is 0.271 e. The number of carbonyl (C=O) groups excluding carboxylic acids is 1. The second-order valence-electron chi connectivity index (χ2n) is 6.06. The molecule has 6 nitrogen and oxygen atoms in total. The summed E-state index contributed by atoms with van der Waals surface area (Å²) in [7, 11) is 0. The summed E-state index contributed by atoms with van der Waals surface area (Å²) in [6.07, 6.45) is -0.884. The van der Waals surface area contributed by atoms with Crippen molar-refractivity contribution in [1.29, 1.82) is 0 Å². The fourth-order valence-corrected chi connectivity index (χ4v) is 2.61. The van der Waals surface area contributed by atoms with Gasteiger partial charge in [0.1, 0.15) is 5.82 Å². The fraction of sp³-hybridized carbons (Fsp3) is 0.150. The summed E-state index contributed by atoms with van der Waals surface area (Å²) in [5.41, 5.74) is 1.29. The first-order chi connectivity index (χ1) is 13.3. The maximum absolute atomic E-state index is 13.1. The zero-order valence-corrected chi connectivity index (χ0v) is 15.9. The number of hydrogen-bond acceptors (Lipinski definition) is 4. The third-order valence-electron chi connectivity index (χ3n) is 4.04. The van der Waals surface area contributed by atoms with Crippen LogP contribution in [0.15, 0.2) is 59.4 Å². The van der Waals surface area contributed by atoms with Crippen molar-refractivity contribution >= 4 is 23.2 Å². The van der Waals surface area contributed by atoms with Gasteiger partial charge in [0.05, 0.1) is 5.69 Å². The lowest BCUT2D eigenvalue weighted by molar-refractivity contribution is -0.122. The molecule has 144 valence electrons. The fourth-order valence-electron chi connectivity index (χ4n) is 2.44. The van der Waals surface area contributed by atoms with Gasteiger partial charge in [0.15, 0.2) is 6.10 Å². The van der Waals surface area contributed by atoms with E-state index in [9.17, 15) is 14.0 Å². The van der Waals surface area contributed by atoms with E-state index in [2.05, 4.69) is 10.4 Å². The third-order valence-corrected chi connectivity index (χ3v) is 4.45. The lowest BCUT2D eigenvalue weighted by Crippen LogP contribution is -2.31. The average Bonchev–Trinajstić information content (AvgIpc) is 2.67. The van der Waals surface area contributed by atoms with Crippen LogP contribution in [0.25, 0.3) is 5.69 Å². The number of hydrogen-bond donors (Lipinski definition) is 1. The summed E-state index contributed by atoms with van der Waals surface area (Å²) in [6, 6.07) is 13.1. The quantitative estimate of drug-likeness (QED) is 0.706. The Balaban J connectivity index is 1.76. The summed E-state index contributed by atoms with van der Waals surface area (Å²) < 4.78 is 19.7. The Morgan fingerprint density at radius 1 is 1.18 bits per heavy atom. The first-order valence-corrected chi connectivity index (χ1v) is 8.82. The highest BCUT2D eigenvalue weighted by atomic mass is 35.5. The van der Waals surface area contributed by atoms with Crippen molar-refractivity contribution < 1.29 is 13.9 Å². The predicted molar refractivity (Wildman–Crippen MR) is 105 cm³/mol. The molecule has 0 unspecified atom stereocenters. The Morgan fingerprint density at radius 2 is 1.89 bits per heavy atom. The van der Waals surface area contributed by atoms with Gasteiger partial charge in [-0.2, -0.15) is 4.68 Å². The second-order valence-corrected chi connectivity index (χ2v) is 6.47. The predicted octanol–water partition coefficient (Wildman–Crippen LogP) is 3.74. The van der Waals surface area contributed by atoms with Gasteiger partial charge in [0, 0.05) is 22.8 Å². The van der Waals surface area contributed by atoms with Crippen LogP contribution in [0.2, 0.25) is 5.02 Å². The minimum absolute atomic E-state index is 0.0781. The van der Waals surface area contributed by atoms with Crippen LogP contribution in [-0.4, -0.2) is 21.8 Å². The largest absolute Gasteiger partial charge is 0.463 e. The van der Waals surface area contributed by atoms with Crippen molar-refractivity contribution in [2.24, 2.45) is 0 Å². The van der Waals surface area contributed by atoms with E-state index in [1.165, 1.54) is 36.4 Å². The molecule has 2 aromatic carbocycles. The highest BCUT2D eigenvalue weighted by Crippen LogP contribution is 2.23. The molecule has 0 radical (unpaired) electrons. The molecular formula is C20H17ClFN3O3. The summed E-state index contributed by atoms with van der Waals surface area (Å²) in [5, 5.41) is 7.38. The van der Waals surface area contributed by atoms with Crippen LogP contribution in [0.1, 0.15) is 12.5 Å². The number of nitrogens with one attached hydrogen (secondary N) is 1. The van der Waals surface area contributed by atoms with Crippen LogP contribution in [-0.2, 0) is 4.79 Å². The Labute approximate surface area is 165 Å². The Kier molecular flexibility index (Phi) is 5.75. The molecule has 0 aliphatic rings. The Hall–Kier alpha value is -3.19. The van der Waals surface area contributed by atoms with Gasteiger partial charge in [-0.05, 0) is 55.8 Å². The zero-order valence-electron chi connectivity index (χ0n) is 15.1. The van der Waals surface area contributed by atoms with Gasteiger partial charge in [-0.1, -0.05) is 17.7 Å². The molecule has 0 aliphatic heterocycles. The van der Waals surface area contributed by atoms with Crippen LogP contribution in [0.3, 0.4) is 0 Å². The molecule has 0 spiro atoms. The van der Waals surface area contributed by atoms with Gasteiger partial charge in [-0.3, -0.25) is 9.59 Å². The number of anilines is 1. The second kappa shape index (κ2) is 8.22. The number of benzene rings is 2. The molecule has 1 amide bonds. The van der Waals surface area contributed by atoms with Crippen molar-refractivity contribution in [3.8, 4) is 11.6 Å². The van der Waals surface area contributed by atoms with Crippen LogP contribution in [0.5, 0.6) is 5.88 Å². The minimum atomic E-state index is -0.884. The van der Waals surface area contributed by atoms with Gasteiger partial charge in [0.25, 0.3) is 11.5 Å². The zero-order chi connectivity index (χ0) is 20.3. The van der Waals surface area contributed by atoms with Crippen molar-refractivity contribution in [2.45, 2.75) is 20.0 Å². The standard InChI is InChI=1S/C20H17ClFN3O3/c1-12-16(21)4-3-5-17(12)23-20(27)13(2)28-18-10-11-19(26)25(24-18)15-8-6-14(22)7-9-15/h3-11,13H,1-2H3,(H,23,27)/t13-/m1/s1. The summed E-state index contributed by atoms with van der Waals surface area (Å²) in [5.74, 6) is -0.744. The summed E-state index contributed by atoms with van der Waals surface area (Å²) >= 11 is 6.06. The molecule has 1 atom stereocenters. The molecule has 3 rings (SSSR count). The number of ether oxygens (including phenoxy) is 1. The summed E-state index contributed by atoms with van der Waals surface area (Å²) in [4.78, 5) is 24.5.